The van der Waals surface area contributed by atoms with E-state index in [1.54, 1.807) is 31.2 Å². The monoisotopic (exact) mass is 960 g/mol. The van der Waals surface area contributed by atoms with Gasteiger partial charge in [0.15, 0.2) is 11.6 Å². The zero-order valence-electron chi connectivity index (χ0n) is 41.4. The second kappa shape index (κ2) is 19.6. The molecule has 12 heteroatoms. The number of hydrogen-bond donors (Lipinski definition) is 3. The zero-order chi connectivity index (χ0) is 47.4. The molecule has 3 N–H and O–H groups in total. The van der Waals surface area contributed by atoms with Gasteiger partial charge >= 0.3 is 5.97 Å². The third-order valence-electron chi connectivity index (χ3n) is 21.5. The fourth-order valence-electron chi connectivity index (χ4n) is 17.8. The van der Waals surface area contributed by atoms with Gasteiger partial charge in [-0.05, 0) is 198 Å². The molecule has 0 spiro atoms. The van der Waals surface area contributed by atoms with E-state index >= 15 is 0 Å². The molecule has 8 fully saturated rings. The summed E-state index contributed by atoms with van der Waals surface area (Å²) in [5.74, 6) is 4.89. The molecule has 2 aromatic rings. The minimum atomic E-state index is -1.01. The topological polar surface area (TPSA) is 168 Å². The first kappa shape index (κ1) is 54.9. The Bertz CT molecular complexity index is 2190. The molecule has 0 unspecified atom stereocenters. The second-order valence-electron chi connectivity index (χ2n) is 25.4. The minimum Gasteiger partial charge on any atom is -0.478 e. The van der Waals surface area contributed by atoms with Gasteiger partial charge in [0.05, 0.1) is 47.8 Å². The molecular formula is C57H93N5O7. The van der Waals surface area contributed by atoms with Gasteiger partial charge in [0.25, 0.3) is 5.91 Å². The molecule has 12 nitrogen and oxygen atoms in total. The van der Waals surface area contributed by atoms with Crippen molar-refractivity contribution in [2.75, 3.05) is 14.1 Å². The van der Waals surface area contributed by atoms with Gasteiger partial charge in [0.2, 0.25) is 0 Å². The largest absolute Gasteiger partial charge is 0.478 e. The van der Waals surface area contributed by atoms with Crippen molar-refractivity contribution < 1.29 is 34.5 Å². The Hall–Kier alpha value is -3.38. The van der Waals surface area contributed by atoms with Crippen molar-refractivity contribution >= 4 is 23.4 Å². The van der Waals surface area contributed by atoms with Crippen LogP contribution in [0, 0.1) is 80.8 Å². The fourth-order valence-corrected chi connectivity index (χ4v) is 17.8. The first-order valence-corrected chi connectivity index (χ1v) is 26.0. The van der Waals surface area contributed by atoms with Crippen molar-refractivity contribution in [3.05, 3.63) is 35.9 Å². The van der Waals surface area contributed by atoms with E-state index in [1.807, 2.05) is 13.8 Å². The van der Waals surface area contributed by atoms with E-state index in [0.717, 1.165) is 88.9 Å². The van der Waals surface area contributed by atoms with Crippen LogP contribution in [-0.2, 0) is 22.7 Å². The van der Waals surface area contributed by atoms with Crippen molar-refractivity contribution in [3.63, 3.8) is 0 Å². The molecular weight excluding hydrogens is 867 g/mol. The highest BCUT2D eigenvalue weighted by Crippen LogP contribution is 2.70. The lowest BCUT2D eigenvalue weighted by Crippen LogP contribution is -2.55. The molecule has 0 aromatic carbocycles. The fraction of sp³-hybridized carbons (Fsp3) is 0.825. The summed E-state index contributed by atoms with van der Waals surface area (Å²) in [6, 6.07) is 0. The molecule has 1 amide bonds. The number of carbonyl (C=O) groups excluding carboxylic acids is 3. The highest BCUT2D eigenvalue weighted by molar-refractivity contribution is 5.93. The smallest absolute Gasteiger partial charge is 0.338 e. The zero-order valence-corrected chi connectivity index (χ0v) is 41.4. The number of nitrogens with zero attached hydrogens (tertiary/aromatic N) is 5. The maximum Gasteiger partial charge on any atom is 0.338 e. The standard InChI is InChI=1S/C28H43N3O3.C26H38N2O4.3CH4/c1-26(34)12-13-27(2)19(14-26)6-7-20-21-8-9-23(28(21,3)11-10-22(20)27)24(32)17-31-16-18(15-29-31)25(33)30(4)5;1-24(32)10-11-25(2)17(12-24)4-5-18-19-6-7-21(26(19,3)9-8-20(18)25)22(29)15-28-14-16(13-27-28)23(30)31;;;/h15-16,19-23,34H,6-14,17H2,1-5H3;13-14,17-21,32H,4-12,15H2,1-3H3,(H,30,31);3*1H4/t19-,20+,21+,22+,23-,26-,27+,28+;17-,18+,19+,20+,21-,24-,25+,26+;;;/m11.../s1. The first-order valence-electron chi connectivity index (χ1n) is 26.0. The molecule has 16 atom stereocenters. The number of aromatic nitrogens is 4. The average molecular weight is 960 g/mol. The maximum atomic E-state index is 13.5. The average Bonchev–Trinajstić information content (AvgIpc) is 4.06. The predicted octanol–water partition coefficient (Wildman–Crippen LogP) is 11.0. The number of carboxylic acid groups (broad SMARTS) is 1. The quantitative estimate of drug-likeness (QED) is 0.233. The summed E-state index contributed by atoms with van der Waals surface area (Å²) in [7, 11) is 3.45. The molecule has 0 radical (unpaired) electrons. The van der Waals surface area contributed by atoms with Crippen LogP contribution in [0.5, 0.6) is 0 Å². The van der Waals surface area contributed by atoms with Crippen molar-refractivity contribution in [2.24, 2.45) is 80.8 Å². The summed E-state index contributed by atoms with van der Waals surface area (Å²) in [5, 5.41) is 39.0. The lowest BCUT2D eigenvalue weighted by molar-refractivity contribution is -0.151. The number of aliphatic hydroxyl groups is 2. The number of aromatic carboxylic acids is 1. The van der Waals surface area contributed by atoms with E-state index in [1.165, 1.54) is 60.5 Å². The SMILES string of the molecule is C.C.C.CN(C)C(=O)c1cnn(CC(=O)[C@H]2CC[C@H]3[C@@H]4CC[C@@H]5C[C@](C)(O)CC[C@]5(C)[C@H]4CC[C@]23C)c1.C[C@@]1(O)CC[C@@]2(C)[C@H](CC[C@@H]3[C@@H]2CC[C@]2(C)[C@@H](C(=O)Cn4cc(C(=O)O)cn4)CC[C@@H]32)C1. The van der Waals surface area contributed by atoms with Crippen molar-refractivity contribution in [1.82, 2.24) is 24.5 Å². The number of Topliss-reactive ketones (excluding diaryl/α,β-unsaturated/α-hetero) is 2. The summed E-state index contributed by atoms with van der Waals surface area (Å²) in [5.41, 5.74) is 0.472. The summed E-state index contributed by atoms with van der Waals surface area (Å²) >= 11 is 0. The van der Waals surface area contributed by atoms with Crippen molar-refractivity contribution in [3.8, 4) is 0 Å². The summed E-state index contributed by atoms with van der Waals surface area (Å²) in [6.07, 6.45) is 25.9. The van der Waals surface area contributed by atoms with Crippen LogP contribution in [0.25, 0.3) is 0 Å². The Labute approximate surface area is 415 Å². The first-order chi connectivity index (χ1) is 31.0. The van der Waals surface area contributed by atoms with Gasteiger partial charge in [-0.2, -0.15) is 10.2 Å². The van der Waals surface area contributed by atoms with Gasteiger partial charge in [0, 0.05) is 38.3 Å². The number of carboxylic acids is 1. The van der Waals surface area contributed by atoms with Gasteiger partial charge in [0.1, 0.15) is 0 Å². The number of amides is 1. The lowest BCUT2D eigenvalue weighted by atomic mass is 9.44. The minimum absolute atomic E-state index is 0. The Morgan fingerprint density at radius 1 is 0.551 bits per heavy atom. The van der Waals surface area contributed by atoms with Crippen LogP contribution in [0.15, 0.2) is 24.8 Å². The molecule has 8 aliphatic carbocycles. The Morgan fingerprint density at radius 2 is 0.942 bits per heavy atom. The van der Waals surface area contributed by atoms with Crippen LogP contribution in [-0.4, -0.2) is 88.5 Å². The van der Waals surface area contributed by atoms with E-state index < -0.39 is 17.2 Å². The molecule has 388 valence electrons. The lowest BCUT2D eigenvalue weighted by Gasteiger charge is -2.61. The van der Waals surface area contributed by atoms with Gasteiger partial charge in [-0.25, -0.2) is 4.79 Å². The number of hydrogen-bond acceptors (Lipinski definition) is 8. The van der Waals surface area contributed by atoms with E-state index in [2.05, 4.69) is 37.9 Å². The molecule has 8 saturated carbocycles. The van der Waals surface area contributed by atoms with Crippen LogP contribution in [0.2, 0.25) is 0 Å². The summed E-state index contributed by atoms with van der Waals surface area (Å²) in [6.45, 7) is 14.3. The summed E-state index contributed by atoms with van der Waals surface area (Å²) in [4.78, 5) is 51.7. The van der Waals surface area contributed by atoms with Crippen LogP contribution in [0.4, 0.5) is 0 Å². The molecule has 0 bridgehead atoms. The molecule has 2 aromatic heterocycles. The number of rotatable bonds is 8. The van der Waals surface area contributed by atoms with Crippen LogP contribution < -0.4 is 0 Å². The molecule has 69 heavy (non-hydrogen) atoms. The van der Waals surface area contributed by atoms with E-state index in [0.29, 0.717) is 51.9 Å². The Morgan fingerprint density at radius 3 is 1.33 bits per heavy atom. The van der Waals surface area contributed by atoms with E-state index in [9.17, 15) is 29.4 Å². The normalized spacial score (nSPS) is 42.6. The van der Waals surface area contributed by atoms with Crippen LogP contribution in [0.3, 0.4) is 0 Å². The van der Waals surface area contributed by atoms with E-state index in [4.69, 9.17) is 5.11 Å². The van der Waals surface area contributed by atoms with Crippen molar-refractivity contribution in [2.45, 2.75) is 204 Å². The Balaban J connectivity index is 0.000000218. The highest BCUT2D eigenvalue weighted by Gasteiger charge is 2.63. The van der Waals surface area contributed by atoms with Gasteiger partial charge in [-0.1, -0.05) is 50.0 Å². The predicted molar refractivity (Wildman–Crippen MR) is 271 cm³/mol. The second-order valence-corrected chi connectivity index (χ2v) is 25.4. The molecule has 0 saturated heterocycles. The third-order valence-corrected chi connectivity index (χ3v) is 21.5. The van der Waals surface area contributed by atoms with Gasteiger partial charge < -0.3 is 20.2 Å². The Kier molecular flexibility index (Phi) is 15.6. The molecule has 2 heterocycles. The maximum absolute atomic E-state index is 13.5. The van der Waals surface area contributed by atoms with E-state index in [-0.39, 0.29) is 81.1 Å². The molecule has 8 aliphatic rings. The highest BCUT2D eigenvalue weighted by atomic mass is 16.4. The van der Waals surface area contributed by atoms with Crippen molar-refractivity contribution in [1.29, 1.82) is 0 Å². The number of carbonyl (C=O) groups is 4. The van der Waals surface area contributed by atoms with Crippen LogP contribution >= 0.6 is 0 Å². The van der Waals surface area contributed by atoms with Crippen LogP contribution in [0.1, 0.15) is 200 Å². The number of ketones is 2. The van der Waals surface area contributed by atoms with Gasteiger partial charge in [-0.15, -0.1) is 0 Å². The number of fused-ring (bicyclic) bond motifs is 10. The molecule has 0 aliphatic heterocycles. The molecule has 10 rings (SSSR count). The third kappa shape index (κ3) is 9.58. The summed E-state index contributed by atoms with van der Waals surface area (Å²) < 4.78 is 3.15. The van der Waals surface area contributed by atoms with Gasteiger partial charge in [-0.3, -0.25) is 23.7 Å².